The van der Waals surface area contributed by atoms with E-state index in [9.17, 15) is 8.42 Å². The van der Waals surface area contributed by atoms with Gasteiger partial charge in [-0.25, -0.2) is 12.7 Å². The Morgan fingerprint density at radius 3 is 2.42 bits per heavy atom. The van der Waals surface area contributed by atoms with Crippen LogP contribution in [-0.4, -0.2) is 63.0 Å². The van der Waals surface area contributed by atoms with Gasteiger partial charge in [-0.2, -0.15) is 0 Å². The maximum Gasteiger partial charge on any atom is 0.266 e. The smallest absolute Gasteiger partial charge is 0.266 e. The van der Waals surface area contributed by atoms with Gasteiger partial charge in [-0.3, -0.25) is 4.99 Å². The predicted octanol–water partition coefficient (Wildman–Crippen LogP) is 1.58. The van der Waals surface area contributed by atoms with Crippen LogP contribution in [0.4, 0.5) is 0 Å². The lowest BCUT2D eigenvalue weighted by atomic mass is 10.0. The molecule has 0 N–H and O–H groups in total. The second-order valence-electron chi connectivity index (χ2n) is 6.60. The van der Waals surface area contributed by atoms with Gasteiger partial charge in [0, 0.05) is 13.1 Å². The van der Waals surface area contributed by atoms with Crippen molar-refractivity contribution >= 4 is 16.0 Å². The van der Waals surface area contributed by atoms with Crippen molar-refractivity contribution in [2.75, 3.05) is 39.4 Å². The average molecular weight is 351 g/mol. The SMILES string of the molecule is CC(C)Cc1ccc(S(=O)(=O)N2CCN=C2N2CCOCC2)cc1. The van der Waals surface area contributed by atoms with Gasteiger partial charge >= 0.3 is 0 Å². The lowest BCUT2D eigenvalue weighted by molar-refractivity contribution is 0.0652. The fraction of sp³-hybridized carbons (Fsp3) is 0.588. The van der Waals surface area contributed by atoms with E-state index in [1.165, 1.54) is 4.31 Å². The monoisotopic (exact) mass is 351 g/mol. The van der Waals surface area contributed by atoms with Gasteiger partial charge in [0.25, 0.3) is 10.0 Å². The molecular weight excluding hydrogens is 326 g/mol. The highest BCUT2D eigenvalue weighted by molar-refractivity contribution is 7.89. The summed E-state index contributed by atoms with van der Waals surface area (Å²) in [4.78, 5) is 6.76. The summed E-state index contributed by atoms with van der Waals surface area (Å²) in [5, 5.41) is 0. The number of ether oxygens (including phenoxy) is 1. The summed E-state index contributed by atoms with van der Waals surface area (Å²) >= 11 is 0. The van der Waals surface area contributed by atoms with Crippen LogP contribution in [-0.2, 0) is 21.2 Å². The van der Waals surface area contributed by atoms with E-state index in [-0.39, 0.29) is 0 Å². The number of rotatable bonds is 4. The number of benzene rings is 1. The van der Waals surface area contributed by atoms with Gasteiger partial charge in [0.15, 0.2) is 0 Å². The Kier molecular flexibility index (Phi) is 5.10. The summed E-state index contributed by atoms with van der Waals surface area (Å²) < 4.78 is 32.8. The topological polar surface area (TPSA) is 62.2 Å². The van der Waals surface area contributed by atoms with E-state index in [0.717, 1.165) is 12.0 Å². The van der Waals surface area contributed by atoms with Crippen molar-refractivity contribution in [1.29, 1.82) is 0 Å². The highest BCUT2D eigenvalue weighted by Gasteiger charge is 2.34. The molecule has 0 unspecified atom stereocenters. The minimum atomic E-state index is -3.56. The van der Waals surface area contributed by atoms with Gasteiger partial charge in [0.2, 0.25) is 5.96 Å². The second kappa shape index (κ2) is 7.11. The molecule has 0 aromatic heterocycles. The lowest BCUT2D eigenvalue weighted by Crippen LogP contribution is -2.49. The molecule has 1 fully saturated rings. The summed E-state index contributed by atoms with van der Waals surface area (Å²) in [6, 6.07) is 7.24. The fourth-order valence-electron chi connectivity index (χ4n) is 3.06. The Labute approximate surface area is 144 Å². The van der Waals surface area contributed by atoms with Crippen LogP contribution in [0, 0.1) is 5.92 Å². The quantitative estimate of drug-likeness (QED) is 0.826. The maximum absolute atomic E-state index is 13.0. The molecule has 1 aromatic rings. The third-order valence-electron chi connectivity index (χ3n) is 4.23. The fourth-order valence-corrected chi connectivity index (χ4v) is 4.51. The maximum atomic E-state index is 13.0. The van der Waals surface area contributed by atoms with Crippen LogP contribution in [0.15, 0.2) is 34.2 Å². The normalized spacial score (nSPS) is 19.0. The molecule has 24 heavy (non-hydrogen) atoms. The number of sulfonamides is 1. The molecule has 0 aliphatic carbocycles. The third-order valence-corrected chi connectivity index (χ3v) is 6.02. The second-order valence-corrected chi connectivity index (χ2v) is 8.46. The molecule has 0 radical (unpaired) electrons. The molecule has 2 aliphatic rings. The zero-order valence-corrected chi connectivity index (χ0v) is 15.1. The Balaban J connectivity index is 1.80. The van der Waals surface area contributed by atoms with Crippen LogP contribution in [0.25, 0.3) is 0 Å². The van der Waals surface area contributed by atoms with E-state index < -0.39 is 10.0 Å². The number of morpholine rings is 1. The summed E-state index contributed by atoms with van der Waals surface area (Å²) in [5.41, 5.74) is 1.16. The first-order valence-corrected chi connectivity index (χ1v) is 9.91. The molecule has 0 spiro atoms. The number of hydrogen-bond acceptors (Lipinski definition) is 5. The highest BCUT2D eigenvalue weighted by atomic mass is 32.2. The molecule has 1 saturated heterocycles. The average Bonchev–Trinajstić information content (AvgIpc) is 3.06. The van der Waals surface area contributed by atoms with Crippen molar-refractivity contribution in [2.45, 2.75) is 25.2 Å². The minimum absolute atomic E-state index is 0.331. The van der Waals surface area contributed by atoms with E-state index >= 15 is 0 Å². The number of guanidine groups is 1. The van der Waals surface area contributed by atoms with Crippen LogP contribution in [0.5, 0.6) is 0 Å². The van der Waals surface area contributed by atoms with Crippen LogP contribution in [0.2, 0.25) is 0 Å². The molecule has 0 saturated carbocycles. The van der Waals surface area contributed by atoms with Crippen molar-refractivity contribution < 1.29 is 13.2 Å². The van der Waals surface area contributed by atoms with Gasteiger partial charge in [-0.1, -0.05) is 26.0 Å². The van der Waals surface area contributed by atoms with Gasteiger partial charge in [-0.05, 0) is 30.0 Å². The standard InChI is InChI=1S/C17H25N3O3S/c1-14(2)13-15-3-5-16(6-4-15)24(21,22)20-8-7-18-17(20)19-9-11-23-12-10-19/h3-6,14H,7-13H2,1-2H3. The summed E-state index contributed by atoms with van der Waals surface area (Å²) in [6.07, 6.45) is 0.949. The van der Waals surface area contributed by atoms with Gasteiger partial charge < -0.3 is 9.64 Å². The Bertz CT molecular complexity index is 692. The minimum Gasteiger partial charge on any atom is -0.378 e. The van der Waals surface area contributed by atoms with Crippen molar-refractivity contribution in [3.05, 3.63) is 29.8 Å². The van der Waals surface area contributed by atoms with Crippen LogP contribution in [0.3, 0.4) is 0 Å². The zero-order valence-electron chi connectivity index (χ0n) is 14.3. The van der Waals surface area contributed by atoms with Crippen molar-refractivity contribution in [3.8, 4) is 0 Å². The molecule has 1 aromatic carbocycles. The van der Waals surface area contributed by atoms with Crippen LogP contribution in [0.1, 0.15) is 19.4 Å². The molecule has 0 bridgehead atoms. The number of aliphatic imine (C=N–C) groups is 1. The molecular formula is C17H25N3O3S. The Hall–Kier alpha value is -1.60. The highest BCUT2D eigenvalue weighted by Crippen LogP contribution is 2.22. The van der Waals surface area contributed by atoms with Gasteiger partial charge in [-0.15, -0.1) is 0 Å². The summed E-state index contributed by atoms with van der Waals surface area (Å²) in [6.45, 7) is 7.80. The largest absolute Gasteiger partial charge is 0.378 e. The summed E-state index contributed by atoms with van der Waals surface area (Å²) in [7, 11) is -3.56. The first-order valence-electron chi connectivity index (χ1n) is 8.47. The van der Waals surface area contributed by atoms with Crippen molar-refractivity contribution in [1.82, 2.24) is 9.21 Å². The molecule has 7 heteroatoms. The van der Waals surface area contributed by atoms with E-state index in [2.05, 4.69) is 18.8 Å². The zero-order chi connectivity index (χ0) is 17.2. The first-order chi connectivity index (χ1) is 11.5. The Morgan fingerprint density at radius 1 is 1.12 bits per heavy atom. The van der Waals surface area contributed by atoms with Gasteiger partial charge in [0.05, 0.1) is 31.2 Å². The predicted molar refractivity (Wildman–Crippen MR) is 93.6 cm³/mol. The van der Waals surface area contributed by atoms with E-state index in [0.29, 0.717) is 56.2 Å². The molecule has 3 rings (SSSR count). The number of hydrogen-bond donors (Lipinski definition) is 0. The third kappa shape index (κ3) is 3.57. The molecule has 6 nitrogen and oxygen atoms in total. The molecule has 0 amide bonds. The van der Waals surface area contributed by atoms with Gasteiger partial charge in [0.1, 0.15) is 0 Å². The molecule has 0 atom stereocenters. The lowest BCUT2D eigenvalue weighted by Gasteiger charge is -2.32. The van der Waals surface area contributed by atoms with Crippen LogP contribution < -0.4 is 0 Å². The molecule has 2 heterocycles. The summed E-state index contributed by atoms with van der Waals surface area (Å²) in [5.74, 6) is 1.11. The van der Waals surface area contributed by atoms with Crippen molar-refractivity contribution in [3.63, 3.8) is 0 Å². The molecule has 132 valence electrons. The molecule has 2 aliphatic heterocycles. The van der Waals surface area contributed by atoms with Crippen LogP contribution >= 0.6 is 0 Å². The Morgan fingerprint density at radius 2 is 1.79 bits per heavy atom. The number of nitrogens with zero attached hydrogens (tertiary/aromatic N) is 3. The van der Waals surface area contributed by atoms with E-state index in [1.807, 2.05) is 17.0 Å². The van der Waals surface area contributed by atoms with E-state index in [1.54, 1.807) is 12.1 Å². The first kappa shape index (κ1) is 17.2. The van der Waals surface area contributed by atoms with Crippen molar-refractivity contribution in [2.24, 2.45) is 10.9 Å². The van der Waals surface area contributed by atoms with E-state index in [4.69, 9.17) is 4.74 Å².